The van der Waals surface area contributed by atoms with Gasteiger partial charge in [-0.05, 0) is 20.2 Å². The summed E-state index contributed by atoms with van der Waals surface area (Å²) >= 11 is 0. The summed E-state index contributed by atoms with van der Waals surface area (Å²) in [6.07, 6.45) is 1.67. The minimum absolute atomic E-state index is 0.131. The van der Waals surface area contributed by atoms with Crippen molar-refractivity contribution < 1.29 is 9.47 Å². The van der Waals surface area contributed by atoms with Crippen LogP contribution in [0.1, 0.15) is 11.6 Å². The normalized spacial score (nSPS) is 12.0. The summed E-state index contributed by atoms with van der Waals surface area (Å²) in [6.45, 7) is 0.653. The van der Waals surface area contributed by atoms with Gasteiger partial charge in [0.15, 0.2) is 0 Å². The summed E-state index contributed by atoms with van der Waals surface area (Å²) < 4.78 is 10.6. The molecule has 0 bridgehead atoms. The molecule has 1 atom stereocenters. The molecule has 1 aromatic carbocycles. The van der Waals surface area contributed by atoms with Gasteiger partial charge in [0.05, 0.1) is 20.3 Å². The van der Waals surface area contributed by atoms with E-state index in [1.54, 1.807) is 26.5 Å². The van der Waals surface area contributed by atoms with Crippen molar-refractivity contribution >= 4 is 5.95 Å². The van der Waals surface area contributed by atoms with Crippen LogP contribution in [-0.2, 0) is 0 Å². The molecule has 1 aromatic heterocycles. The SMILES string of the molecule is COc1ccnc(NCC(c2ccccc2OC)N(C)C)n1. The maximum Gasteiger partial charge on any atom is 0.226 e. The number of rotatable bonds is 7. The van der Waals surface area contributed by atoms with Crippen molar-refractivity contribution in [2.45, 2.75) is 6.04 Å². The smallest absolute Gasteiger partial charge is 0.226 e. The lowest BCUT2D eigenvalue weighted by molar-refractivity contribution is 0.299. The molecule has 0 saturated carbocycles. The van der Waals surface area contributed by atoms with E-state index in [1.807, 2.05) is 32.3 Å². The molecule has 0 saturated heterocycles. The second-order valence-corrected chi connectivity index (χ2v) is 5.02. The van der Waals surface area contributed by atoms with Crippen molar-refractivity contribution in [2.75, 3.05) is 40.2 Å². The molecule has 2 aromatic rings. The first-order valence-corrected chi connectivity index (χ1v) is 7.06. The number of nitrogens with one attached hydrogen (secondary N) is 1. The maximum atomic E-state index is 5.46. The molecule has 0 radical (unpaired) electrons. The van der Waals surface area contributed by atoms with Crippen LogP contribution in [0, 0.1) is 0 Å². The van der Waals surface area contributed by atoms with Crippen LogP contribution in [0.15, 0.2) is 36.5 Å². The van der Waals surface area contributed by atoms with E-state index >= 15 is 0 Å². The summed E-state index contributed by atoms with van der Waals surface area (Å²) in [5.74, 6) is 1.95. The van der Waals surface area contributed by atoms with Crippen LogP contribution in [0.4, 0.5) is 5.95 Å². The molecular formula is C16H22N4O2. The number of benzene rings is 1. The quantitative estimate of drug-likeness (QED) is 0.846. The van der Waals surface area contributed by atoms with E-state index < -0.39 is 0 Å². The van der Waals surface area contributed by atoms with Gasteiger partial charge in [0, 0.05) is 24.4 Å². The van der Waals surface area contributed by atoms with E-state index in [2.05, 4.69) is 26.3 Å². The Kier molecular flexibility index (Phi) is 5.55. The number of hydrogen-bond acceptors (Lipinski definition) is 6. The zero-order valence-electron chi connectivity index (χ0n) is 13.4. The lowest BCUT2D eigenvalue weighted by Gasteiger charge is -2.26. The summed E-state index contributed by atoms with van der Waals surface area (Å²) in [4.78, 5) is 10.6. The Morgan fingerprint density at radius 3 is 2.59 bits per heavy atom. The second-order valence-electron chi connectivity index (χ2n) is 5.02. The lowest BCUT2D eigenvalue weighted by atomic mass is 10.0. The third kappa shape index (κ3) is 3.85. The van der Waals surface area contributed by atoms with Gasteiger partial charge < -0.3 is 19.7 Å². The highest BCUT2D eigenvalue weighted by Gasteiger charge is 2.18. The second kappa shape index (κ2) is 7.61. The molecule has 1 unspecified atom stereocenters. The van der Waals surface area contributed by atoms with Gasteiger partial charge in [-0.2, -0.15) is 4.98 Å². The van der Waals surface area contributed by atoms with Gasteiger partial charge in [0.2, 0.25) is 11.8 Å². The molecule has 118 valence electrons. The lowest BCUT2D eigenvalue weighted by Crippen LogP contribution is -2.27. The van der Waals surface area contributed by atoms with Gasteiger partial charge in [-0.3, -0.25) is 0 Å². The Hall–Kier alpha value is -2.34. The molecule has 6 nitrogen and oxygen atoms in total. The van der Waals surface area contributed by atoms with Gasteiger partial charge in [0.1, 0.15) is 5.75 Å². The number of likely N-dealkylation sites (N-methyl/N-ethyl adjacent to an activating group) is 1. The van der Waals surface area contributed by atoms with Crippen LogP contribution in [0.2, 0.25) is 0 Å². The van der Waals surface area contributed by atoms with Crippen molar-refractivity contribution in [2.24, 2.45) is 0 Å². The number of methoxy groups -OCH3 is 2. The van der Waals surface area contributed by atoms with Crippen molar-refractivity contribution in [3.8, 4) is 11.6 Å². The average molecular weight is 302 g/mol. The minimum atomic E-state index is 0.131. The average Bonchev–Trinajstić information content (AvgIpc) is 2.55. The van der Waals surface area contributed by atoms with Crippen molar-refractivity contribution in [3.05, 3.63) is 42.1 Å². The number of hydrogen-bond donors (Lipinski definition) is 1. The molecular weight excluding hydrogens is 280 g/mol. The predicted octanol–water partition coefficient (Wildman–Crippen LogP) is 2.21. The minimum Gasteiger partial charge on any atom is -0.496 e. The molecule has 0 aliphatic rings. The maximum absolute atomic E-state index is 5.46. The Morgan fingerprint density at radius 2 is 1.91 bits per heavy atom. The van der Waals surface area contributed by atoms with Crippen molar-refractivity contribution in [1.29, 1.82) is 0 Å². The van der Waals surface area contributed by atoms with Gasteiger partial charge in [0.25, 0.3) is 0 Å². The van der Waals surface area contributed by atoms with Crippen LogP contribution < -0.4 is 14.8 Å². The van der Waals surface area contributed by atoms with Crippen molar-refractivity contribution in [3.63, 3.8) is 0 Å². The Balaban J connectivity index is 2.15. The highest BCUT2D eigenvalue weighted by molar-refractivity contribution is 5.37. The molecule has 6 heteroatoms. The number of aromatic nitrogens is 2. The Morgan fingerprint density at radius 1 is 1.14 bits per heavy atom. The van der Waals surface area contributed by atoms with Gasteiger partial charge in [-0.1, -0.05) is 18.2 Å². The first-order valence-electron chi connectivity index (χ1n) is 7.06. The first kappa shape index (κ1) is 16.0. The fourth-order valence-corrected chi connectivity index (χ4v) is 2.24. The Bertz CT molecular complexity index is 604. The topological polar surface area (TPSA) is 59.5 Å². The third-order valence-corrected chi connectivity index (χ3v) is 3.41. The van der Waals surface area contributed by atoms with E-state index in [0.29, 0.717) is 18.4 Å². The van der Waals surface area contributed by atoms with E-state index in [0.717, 1.165) is 11.3 Å². The van der Waals surface area contributed by atoms with Crippen molar-refractivity contribution in [1.82, 2.24) is 14.9 Å². The number of nitrogens with zero attached hydrogens (tertiary/aromatic N) is 3. The van der Waals surface area contributed by atoms with Crippen LogP contribution in [-0.4, -0.2) is 49.7 Å². The summed E-state index contributed by atoms with van der Waals surface area (Å²) in [5.41, 5.74) is 1.12. The van der Waals surface area contributed by atoms with Crippen LogP contribution in [0.5, 0.6) is 11.6 Å². The third-order valence-electron chi connectivity index (χ3n) is 3.41. The van der Waals surface area contributed by atoms with Gasteiger partial charge >= 0.3 is 0 Å². The number of para-hydroxylation sites is 1. The van der Waals surface area contributed by atoms with E-state index in [9.17, 15) is 0 Å². The standard InChI is InChI=1S/C16H22N4O2/c1-20(2)13(12-7-5-6-8-14(12)21-3)11-18-16-17-10-9-15(19-16)22-4/h5-10,13H,11H2,1-4H3,(H,17,18,19). The molecule has 0 amide bonds. The van der Waals surface area contributed by atoms with E-state index in [4.69, 9.17) is 9.47 Å². The van der Waals surface area contributed by atoms with E-state index in [1.165, 1.54) is 0 Å². The Labute approximate surface area is 131 Å². The molecule has 1 N–H and O–H groups in total. The molecule has 0 aliphatic carbocycles. The highest BCUT2D eigenvalue weighted by Crippen LogP contribution is 2.28. The molecule has 22 heavy (non-hydrogen) atoms. The predicted molar refractivity (Wildman–Crippen MR) is 86.5 cm³/mol. The molecule has 1 heterocycles. The molecule has 0 aliphatic heterocycles. The van der Waals surface area contributed by atoms with E-state index in [-0.39, 0.29) is 6.04 Å². The summed E-state index contributed by atoms with van der Waals surface area (Å²) in [7, 11) is 7.34. The highest BCUT2D eigenvalue weighted by atomic mass is 16.5. The van der Waals surface area contributed by atoms with Crippen LogP contribution >= 0.6 is 0 Å². The number of ether oxygens (including phenoxy) is 2. The zero-order valence-corrected chi connectivity index (χ0v) is 13.4. The zero-order chi connectivity index (χ0) is 15.9. The number of anilines is 1. The summed E-state index contributed by atoms with van der Waals surface area (Å²) in [6, 6.07) is 9.86. The van der Waals surface area contributed by atoms with Crippen LogP contribution in [0.3, 0.4) is 0 Å². The van der Waals surface area contributed by atoms with Gasteiger partial charge in [-0.25, -0.2) is 4.98 Å². The first-order chi connectivity index (χ1) is 10.7. The van der Waals surface area contributed by atoms with Crippen LogP contribution in [0.25, 0.3) is 0 Å². The summed E-state index contributed by atoms with van der Waals surface area (Å²) in [5, 5.41) is 3.25. The fraction of sp³-hybridized carbons (Fsp3) is 0.375. The van der Waals surface area contributed by atoms with Gasteiger partial charge in [-0.15, -0.1) is 0 Å². The fourth-order valence-electron chi connectivity index (χ4n) is 2.24. The monoisotopic (exact) mass is 302 g/mol. The largest absolute Gasteiger partial charge is 0.496 e. The molecule has 0 fully saturated rings. The molecule has 2 rings (SSSR count). The molecule has 0 spiro atoms.